The maximum atomic E-state index is 12.5. The number of nitrogens with two attached hydrogens (primary N) is 1. The van der Waals surface area contributed by atoms with Crippen LogP contribution in [0.2, 0.25) is 0 Å². The summed E-state index contributed by atoms with van der Waals surface area (Å²) < 4.78 is 62.2. The zero-order chi connectivity index (χ0) is 13.2. The molecule has 0 amide bonds. The summed E-state index contributed by atoms with van der Waals surface area (Å²) in [6.45, 7) is -0.612. The summed E-state index contributed by atoms with van der Waals surface area (Å²) in [5.41, 5.74) is 1.31. The average Bonchev–Trinajstić information content (AvgIpc) is 2.25. The first-order chi connectivity index (χ1) is 7.81. The maximum absolute atomic E-state index is 12.5. The molecule has 94 valence electrons. The van der Waals surface area contributed by atoms with Crippen LogP contribution in [0.4, 0.5) is 22.0 Å². The molecular formula is C9H7F5N2O. The van der Waals surface area contributed by atoms with Crippen molar-refractivity contribution in [2.24, 2.45) is 5.73 Å². The molecule has 0 atom stereocenters. The Morgan fingerprint density at radius 3 is 2.35 bits per heavy atom. The van der Waals surface area contributed by atoms with Crippen molar-refractivity contribution in [3.8, 4) is 0 Å². The molecule has 2 N–H and O–H groups in total. The van der Waals surface area contributed by atoms with Crippen LogP contribution in [0.15, 0.2) is 6.07 Å². The molecule has 1 rings (SSSR count). The van der Waals surface area contributed by atoms with Gasteiger partial charge in [-0.2, -0.15) is 13.2 Å². The predicted octanol–water partition coefficient (Wildman–Crippen LogP) is 2.31. The Bertz CT molecular complexity index is 430. The molecule has 8 heteroatoms. The van der Waals surface area contributed by atoms with E-state index in [0.29, 0.717) is 6.07 Å². The van der Waals surface area contributed by atoms with Crippen LogP contribution in [0.3, 0.4) is 0 Å². The first-order valence-electron chi connectivity index (χ1n) is 4.35. The predicted molar refractivity (Wildman–Crippen MR) is 47.5 cm³/mol. The first-order valence-corrected chi connectivity index (χ1v) is 4.35. The molecule has 0 aliphatic heterocycles. The second-order valence-corrected chi connectivity index (χ2v) is 3.08. The molecule has 0 aliphatic rings. The Morgan fingerprint density at radius 1 is 1.41 bits per heavy atom. The Morgan fingerprint density at radius 2 is 2.00 bits per heavy atom. The van der Waals surface area contributed by atoms with Crippen LogP contribution in [-0.4, -0.2) is 11.3 Å². The Kier molecular flexibility index (Phi) is 3.76. The minimum absolute atomic E-state index is 0.0466. The molecule has 3 nitrogen and oxygen atoms in total. The van der Waals surface area contributed by atoms with Gasteiger partial charge < -0.3 is 5.73 Å². The number of aromatic nitrogens is 1. The zero-order valence-corrected chi connectivity index (χ0v) is 8.26. The fourth-order valence-electron chi connectivity index (χ4n) is 1.28. The zero-order valence-electron chi connectivity index (χ0n) is 8.26. The molecule has 0 fully saturated rings. The highest BCUT2D eigenvalue weighted by atomic mass is 19.4. The number of hydrogen-bond donors (Lipinski definition) is 1. The molecular weight excluding hydrogens is 247 g/mol. The normalized spacial score (nSPS) is 11.9. The van der Waals surface area contributed by atoms with Gasteiger partial charge in [-0.15, -0.1) is 0 Å². The lowest BCUT2D eigenvalue weighted by atomic mass is 10.1. The SMILES string of the molecule is NCc1c(C=O)cc(C(F)F)nc1C(F)(F)F. The van der Waals surface area contributed by atoms with Gasteiger partial charge in [-0.05, 0) is 6.07 Å². The standard InChI is InChI=1S/C9H7F5N2O/c10-8(11)6-1-4(3-17)5(2-15)7(16-6)9(12,13)14/h1,3,8H,2,15H2. The molecule has 1 aromatic rings. The third-order valence-corrected chi connectivity index (χ3v) is 2.00. The van der Waals surface area contributed by atoms with E-state index >= 15 is 0 Å². The van der Waals surface area contributed by atoms with Gasteiger partial charge in [0.25, 0.3) is 6.43 Å². The average molecular weight is 254 g/mol. The highest BCUT2D eigenvalue weighted by molar-refractivity contribution is 5.78. The maximum Gasteiger partial charge on any atom is 0.433 e. The summed E-state index contributed by atoms with van der Waals surface area (Å²) in [5, 5.41) is 0. The van der Waals surface area contributed by atoms with E-state index in [1.807, 2.05) is 0 Å². The summed E-state index contributed by atoms with van der Waals surface area (Å²) in [6.07, 6.45) is -8.08. The van der Waals surface area contributed by atoms with E-state index in [2.05, 4.69) is 4.98 Å². The molecule has 1 heterocycles. The van der Waals surface area contributed by atoms with Crippen LogP contribution in [0.1, 0.15) is 33.7 Å². The number of carbonyl (C=O) groups is 1. The van der Waals surface area contributed by atoms with Gasteiger partial charge in [0.15, 0.2) is 6.29 Å². The van der Waals surface area contributed by atoms with E-state index in [4.69, 9.17) is 5.73 Å². The minimum atomic E-state index is -4.93. The first kappa shape index (κ1) is 13.5. The highest BCUT2D eigenvalue weighted by Gasteiger charge is 2.37. The Labute approximate surface area is 92.4 Å². The molecule has 0 aliphatic carbocycles. The van der Waals surface area contributed by atoms with E-state index in [-0.39, 0.29) is 6.29 Å². The topological polar surface area (TPSA) is 56.0 Å². The number of aldehydes is 1. The van der Waals surface area contributed by atoms with Crippen molar-refractivity contribution in [3.63, 3.8) is 0 Å². The molecule has 1 aromatic heterocycles. The number of rotatable bonds is 3. The lowest BCUT2D eigenvalue weighted by Gasteiger charge is -2.14. The number of carbonyl (C=O) groups excluding carboxylic acids is 1. The Balaban J connectivity index is 3.54. The van der Waals surface area contributed by atoms with Gasteiger partial charge in [0.1, 0.15) is 11.4 Å². The van der Waals surface area contributed by atoms with E-state index in [1.165, 1.54) is 0 Å². The molecule has 0 unspecified atom stereocenters. The van der Waals surface area contributed by atoms with Crippen LogP contribution in [0, 0.1) is 0 Å². The molecule has 0 saturated carbocycles. The van der Waals surface area contributed by atoms with Gasteiger partial charge in [0.2, 0.25) is 0 Å². The van der Waals surface area contributed by atoms with Crippen LogP contribution in [-0.2, 0) is 12.7 Å². The van der Waals surface area contributed by atoms with Crippen molar-refractivity contribution < 1.29 is 26.7 Å². The summed E-state index contributed by atoms with van der Waals surface area (Å²) in [5.74, 6) is 0. The van der Waals surface area contributed by atoms with Crippen LogP contribution in [0.25, 0.3) is 0 Å². The second kappa shape index (κ2) is 4.74. The van der Waals surface area contributed by atoms with Crippen molar-refractivity contribution in [2.75, 3.05) is 0 Å². The van der Waals surface area contributed by atoms with Gasteiger partial charge in [-0.25, -0.2) is 13.8 Å². The van der Waals surface area contributed by atoms with Crippen LogP contribution in [0.5, 0.6) is 0 Å². The van der Waals surface area contributed by atoms with Crippen molar-refractivity contribution in [1.29, 1.82) is 0 Å². The van der Waals surface area contributed by atoms with E-state index in [1.54, 1.807) is 0 Å². The van der Waals surface area contributed by atoms with Gasteiger partial charge in [0, 0.05) is 17.7 Å². The number of nitrogens with zero attached hydrogens (tertiary/aromatic N) is 1. The van der Waals surface area contributed by atoms with Crippen molar-refractivity contribution in [2.45, 2.75) is 19.1 Å². The fraction of sp³-hybridized carbons (Fsp3) is 0.333. The third-order valence-electron chi connectivity index (χ3n) is 2.00. The molecule has 0 saturated heterocycles. The summed E-state index contributed by atoms with van der Waals surface area (Å²) >= 11 is 0. The summed E-state index contributed by atoms with van der Waals surface area (Å²) in [6, 6.07) is 0.606. The fourth-order valence-corrected chi connectivity index (χ4v) is 1.28. The van der Waals surface area contributed by atoms with E-state index in [0.717, 1.165) is 0 Å². The largest absolute Gasteiger partial charge is 0.433 e. The number of hydrogen-bond acceptors (Lipinski definition) is 3. The monoisotopic (exact) mass is 254 g/mol. The summed E-state index contributed by atoms with van der Waals surface area (Å²) in [7, 11) is 0. The van der Waals surface area contributed by atoms with Crippen molar-refractivity contribution in [1.82, 2.24) is 4.98 Å². The van der Waals surface area contributed by atoms with Crippen molar-refractivity contribution in [3.05, 3.63) is 28.6 Å². The third kappa shape index (κ3) is 2.76. The van der Waals surface area contributed by atoms with Gasteiger partial charge in [0.05, 0.1) is 0 Å². The molecule has 0 aromatic carbocycles. The number of alkyl halides is 5. The highest BCUT2D eigenvalue weighted by Crippen LogP contribution is 2.33. The quantitative estimate of drug-likeness (QED) is 0.665. The van der Waals surface area contributed by atoms with Crippen molar-refractivity contribution >= 4 is 6.29 Å². The van der Waals surface area contributed by atoms with E-state index in [9.17, 15) is 26.7 Å². The molecule has 0 radical (unpaired) electrons. The van der Waals surface area contributed by atoms with Crippen LogP contribution >= 0.6 is 0 Å². The van der Waals surface area contributed by atoms with Gasteiger partial charge in [-0.1, -0.05) is 0 Å². The number of halogens is 5. The minimum Gasteiger partial charge on any atom is -0.326 e. The molecule has 17 heavy (non-hydrogen) atoms. The molecule has 0 bridgehead atoms. The van der Waals surface area contributed by atoms with Gasteiger partial charge in [-0.3, -0.25) is 4.79 Å². The van der Waals surface area contributed by atoms with Gasteiger partial charge >= 0.3 is 6.18 Å². The lowest BCUT2D eigenvalue weighted by molar-refractivity contribution is -0.142. The second-order valence-electron chi connectivity index (χ2n) is 3.08. The lowest BCUT2D eigenvalue weighted by Crippen LogP contribution is -2.18. The summed E-state index contributed by atoms with van der Waals surface area (Å²) in [4.78, 5) is 13.4. The smallest absolute Gasteiger partial charge is 0.326 e. The van der Waals surface area contributed by atoms with E-state index < -0.39 is 41.7 Å². The Hall–Kier alpha value is -1.57. The van der Waals surface area contributed by atoms with Crippen LogP contribution < -0.4 is 5.73 Å². The number of pyridine rings is 1. The molecule has 0 spiro atoms.